The van der Waals surface area contributed by atoms with Gasteiger partial charge in [0.15, 0.2) is 15.5 Å². The van der Waals surface area contributed by atoms with Gasteiger partial charge in [0.2, 0.25) is 5.95 Å². The third-order valence-electron chi connectivity index (χ3n) is 2.51. The van der Waals surface area contributed by atoms with Gasteiger partial charge in [0.05, 0.1) is 5.75 Å². The molecule has 0 aliphatic heterocycles. The summed E-state index contributed by atoms with van der Waals surface area (Å²) >= 11 is 0. The number of sulfone groups is 1. The number of aromatic nitrogens is 2. The second-order valence-electron chi connectivity index (χ2n) is 4.15. The van der Waals surface area contributed by atoms with Crippen LogP contribution in [-0.2, 0) is 16.0 Å². The molecule has 0 fully saturated rings. The van der Waals surface area contributed by atoms with Crippen molar-refractivity contribution in [3.63, 3.8) is 0 Å². The lowest BCUT2D eigenvalue weighted by Gasteiger charge is -2.12. The van der Waals surface area contributed by atoms with Crippen LogP contribution in [0.25, 0.3) is 0 Å². The Labute approximate surface area is 121 Å². The molecule has 0 bridgehead atoms. The molecule has 0 aliphatic carbocycles. The molecule has 0 saturated carbocycles. The van der Waals surface area contributed by atoms with Crippen molar-refractivity contribution in [2.45, 2.75) is 20.0 Å². The normalized spacial score (nSPS) is 12.2. The predicted molar refractivity (Wildman–Crippen MR) is 74.0 cm³/mol. The summed E-state index contributed by atoms with van der Waals surface area (Å²) in [6.45, 7) is 3.55. The molecule has 6 nitrogen and oxygen atoms in total. The maximum atomic E-state index is 12.7. The molecule has 0 aromatic carbocycles. The van der Waals surface area contributed by atoms with E-state index in [-0.39, 0.29) is 29.8 Å². The van der Waals surface area contributed by atoms with E-state index in [1.54, 1.807) is 6.92 Å². The second-order valence-corrected chi connectivity index (χ2v) is 6.63. The van der Waals surface area contributed by atoms with Crippen molar-refractivity contribution in [1.82, 2.24) is 9.97 Å². The molecule has 1 aromatic heterocycles. The predicted octanol–water partition coefficient (Wildman–Crippen LogP) is 1.77. The first-order valence-corrected chi connectivity index (χ1v) is 8.14. The SMILES string of the molecule is CCNc1nc(NCCS(=O)(=O)CC)cc(C(F)(F)F)n1. The molecule has 120 valence electrons. The van der Waals surface area contributed by atoms with E-state index in [1.807, 2.05) is 0 Å². The number of halogens is 3. The quantitative estimate of drug-likeness (QED) is 0.794. The van der Waals surface area contributed by atoms with Gasteiger partial charge in [-0.1, -0.05) is 6.92 Å². The molecule has 0 atom stereocenters. The summed E-state index contributed by atoms with van der Waals surface area (Å²) in [6.07, 6.45) is -4.60. The highest BCUT2D eigenvalue weighted by molar-refractivity contribution is 7.91. The van der Waals surface area contributed by atoms with E-state index in [0.717, 1.165) is 6.07 Å². The number of nitrogens with zero attached hydrogens (tertiary/aromatic N) is 2. The molecule has 1 aromatic rings. The summed E-state index contributed by atoms with van der Waals surface area (Å²) < 4.78 is 60.8. The molecule has 0 spiro atoms. The van der Waals surface area contributed by atoms with Gasteiger partial charge in [-0.05, 0) is 6.92 Å². The fourth-order valence-corrected chi connectivity index (χ4v) is 2.10. The van der Waals surface area contributed by atoms with Crippen LogP contribution in [0.2, 0.25) is 0 Å². The monoisotopic (exact) mass is 326 g/mol. The lowest BCUT2D eigenvalue weighted by atomic mass is 10.3. The van der Waals surface area contributed by atoms with Crippen molar-refractivity contribution >= 4 is 21.6 Å². The molecular formula is C11H17F3N4O2S. The van der Waals surface area contributed by atoms with E-state index in [4.69, 9.17) is 0 Å². The zero-order chi connectivity index (χ0) is 16.1. The molecule has 0 unspecified atom stereocenters. The molecular weight excluding hydrogens is 309 g/mol. The molecule has 0 amide bonds. The van der Waals surface area contributed by atoms with E-state index in [0.29, 0.717) is 6.54 Å². The average Bonchev–Trinajstić information content (AvgIpc) is 2.38. The second kappa shape index (κ2) is 6.92. The Morgan fingerprint density at radius 3 is 2.38 bits per heavy atom. The lowest BCUT2D eigenvalue weighted by molar-refractivity contribution is -0.141. The molecule has 0 saturated heterocycles. The maximum absolute atomic E-state index is 12.7. The van der Waals surface area contributed by atoms with Crippen molar-refractivity contribution < 1.29 is 21.6 Å². The van der Waals surface area contributed by atoms with Crippen LogP contribution in [0.5, 0.6) is 0 Å². The maximum Gasteiger partial charge on any atom is 0.433 e. The van der Waals surface area contributed by atoms with Crippen LogP contribution in [-0.4, -0.2) is 43.0 Å². The van der Waals surface area contributed by atoms with Crippen LogP contribution in [0.3, 0.4) is 0 Å². The number of hydrogen-bond donors (Lipinski definition) is 2. The fraction of sp³-hybridized carbons (Fsp3) is 0.636. The van der Waals surface area contributed by atoms with Gasteiger partial charge in [-0.25, -0.2) is 13.4 Å². The van der Waals surface area contributed by atoms with Crippen molar-refractivity contribution in [2.24, 2.45) is 0 Å². The Kier molecular flexibility index (Phi) is 5.76. The van der Waals surface area contributed by atoms with Crippen molar-refractivity contribution in [3.8, 4) is 0 Å². The number of rotatable bonds is 7. The Balaban J connectivity index is 2.88. The van der Waals surface area contributed by atoms with Crippen molar-refractivity contribution in [2.75, 3.05) is 35.2 Å². The van der Waals surface area contributed by atoms with Crippen LogP contribution in [0.1, 0.15) is 19.5 Å². The van der Waals surface area contributed by atoms with E-state index < -0.39 is 21.7 Å². The molecule has 2 N–H and O–H groups in total. The van der Waals surface area contributed by atoms with Crippen LogP contribution < -0.4 is 10.6 Å². The van der Waals surface area contributed by atoms with Crippen molar-refractivity contribution in [3.05, 3.63) is 11.8 Å². The third-order valence-corrected chi connectivity index (χ3v) is 4.22. The smallest absolute Gasteiger partial charge is 0.369 e. The highest BCUT2D eigenvalue weighted by atomic mass is 32.2. The zero-order valence-electron chi connectivity index (χ0n) is 11.7. The molecule has 21 heavy (non-hydrogen) atoms. The fourth-order valence-electron chi connectivity index (χ4n) is 1.40. The van der Waals surface area contributed by atoms with Gasteiger partial charge in [0.1, 0.15) is 5.82 Å². The summed E-state index contributed by atoms with van der Waals surface area (Å²) in [5.41, 5.74) is -1.09. The summed E-state index contributed by atoms with van der Waals surface area (Å²) in [4.78, 5) is 7.22. The average molecular weight is 326 g/mol. The van der Waals surface area contributed by atoms with Crippen LogP contribution >= 0.6 is 0 Å². The molecule has 1 heterocycles. The van der Waals surface area contributed by atoms with E-state index in [2.05, 4.69) is 20.6 Å². The standard InChI is InChI=1S/C11H17F3N4O2S/c1-3-15-10-17-8(11(12,13)14)7-9(18-10)16-5-6-21(19,20)4-2/h7H,3-6H2,1-2H3,(H2,15,16,17,18). The number of nitrogens with one attached hydrogen (secondary N) is 2. The van der Waals surface area contributed by atoms with E-state index >= 15 is 0 Å². The summed E-state index contributed by atoms with van der Waals surface area (Å²) in [6, 6.07) is 0.749. The Hall–Kier alpha value is -1.58. The van der Waals surface area contributed by atoms with Crippen LogP contribution in [0, 0.1) is 0 Å². The number of anilines is 2. The van der Waals surface area contributed by atoms with Gasteiger partial charge in [-0.3, -0.25) is 0 Å². The van der Waals surface area contributed by atoms with Gasteiger partial charge < -0.3 is 10.6 Å². The first kappa shape index (κ1) is 17.5. The summed E-state index contributed by atoms with van der Waals surface area (Å²) in [5, 5.41) is 5.17. The number of hydrogen-bond acceptors (Lipinski definition) is 6. The zero-order valence-corrected chi connectivity index (χ0v) is 12.5. The van der Waals surface area contributed by atoms with E-state index in [9.17, 15) is 21.6 Å². The van der Waals surface area contributed by atoms with Crippen LogP contribution in [0.15, 0.2) is 6.07 Å². The summed E-state index contributed by atoms with van der Waals surface area (Å²) in [7, 11) is -3.19. The summed E-state index contributed by atoms with van der Waals surface area (Å²) in [5.74, 6) is -0.423. The molecule has 1 rings (SSSR count). The minimum atomic E-state index is -4.60. The topological polar surface area (TPSA) is 84.0 Å². The Bertz CT molecular complexity index is 575. The number of alkyl halides is 3. The minimum Gasteiger partial charge on any atom is -0.369 e. The van der Waals surface area contributed by atoms with Gasteiger partial charge in [0, 0.05) is 24.9 Å². The van der Waals surface area contributed by atoms with Gasteiger partial charge in [-0.2, -0.15) is 18.2 Å². The minimum absolute atomic E-state index is 0.0178. The van der Waals surface area contributed by atoms with Gasteiger partial charge in [-0.15, -0.1) is 0 Å². The molecule has 10 heteroatoms. The Morgan fingerprint density at radius 2 is 1.86 bits per heavy atom. The van der Waals surface area contributed by atoms with Gasteiger partial charge in [0.25, 0.3) is 0 Å². The molecule has 0 radical (unpaired) electrons. The largest absolute Gasteiger partial charge is 0.433 e. The highest BCUT2D eigenvalue weighted by Crippen LogP contribution is 2.29. The van der Waals surface area contributed by atoms with E-state index in [1.165, 1.54) is 6.92 Å². The van der Waals surface area contributed by atoms with Crippen LogP contribution in [0.4, 0.5) is 24.9 Å². The first-order valence-electron chi connectivity index (χ1n) is 6.32. The third kappa shape index (κ3) is 5.74. The molecule has 0 aliphatic rings. The van der Waals surface area contributed by atoms with Crippen molar-refractivity contribution in [1.29, 1.82) is 0 Å². The highest BCUT2D eigenvalue weighted by Gasteiger charge is 2.33. The lowest BCUT2D eigenvalue weighted by Crippen LogP contribution is -2.19. The Morgan fingerprint density at radius 1 is 1.19 bits per heavy atom. The van der Waals surface area contributed by atoms with Gasteiger partial charge >= 0.3 is 6.18 Å². The first-order chi connectivity index (χ1) is 9.68.